The first-order valence-electron chi connectivity index (χ1n) is 4.60. The van der Waals surface area contributed by atoms with Gasteiger partial charge in [0.25, 0.3) is 0 Å². The normalized spacial score (nSPS) is 21.4. The van der Waals surface area contributed by atoms with Gasteiger partial charge in [0.1, 0.15) is 11.6 Å². The SMILES string of the molecule is Oc1cc(Cl)c(F)cc1[C@H]1CCCN1. The summed E-state index contributed by atoms with van der Waals surface area (Å²) >= 11 is 5.54. The van der Waals surface area contributed by atoms with E-state index in [4.69, 9.17) is 11.6 Å². The third kappa shape index (κ3) is 1.70. The van der Waals surface area contributed by atoms with Crippen LogP contribution in [0, 0.1) is 5.82 Å². The van der Waals surface area contributed by atoms with Crippen LogP contribution < -0.4 is 5.32 Å². The van der Waals surface area contributed by atoms with E-state index in [1.165, 1.54) is 12.1 Å². The lowest BCUT2D eigenvalue weighted by Crippen LogP contribution is -2.13. The van der Waals surface area contributed by atoms with Crippen molar-refractivity contribution in [1.29, 1.82) is 0 Å². The van der Waals surface area contributed by atoms with Crippen molar-refractivity contribution in [3.05, 3.63) is 28.5 Å². The van der Waals surface area contributed by atoms with E-state index >= 15 is 0 Å². The van der Waals surface area contributed by atoms with Crippen LogP contribution in [-0.2, 0) is 0 Å². The minimum absolute atomic E-state index is 0.0377. The number of nitrogens with one attached hydrogen (secondary N) is 1. The zero-order chi connectivity index (χ0) is 10.1. The minimum Gasteiger partial charge on any atom is -0.508 e. The first-order valence-corrected chi connectivity index (χ1v) is 4.97. The molecule has 0 saturated carbocycles. The molecule has 0 unspecified atom stereocenters. The summed E-state index contributed by atoms with van der Waals surface area (Å²) in [5, 5.41) is 12.7. The molecular formula is C10H11ClFNO. The van der Waals surface area contributed by atoms with Gasteiger partial charge >= 0.3 is 0 Å². The van der Waals surface area contributed by atoms with E-state index in [0.717, 1.165) is 19.4 Å². The van der Waals surface area contributed by atoms with Crippen LogP contribution in [0.25, 0.3) is 0 Å². The highest BCUT2D eigenvalue weighted by molar-refractivity contribution is 6.30. The summed E-state index contributed by atoms with van der Waals surface area (Å²) < 4.78 is 13.1. The fraction of sp³-hybridized carbons (Fsp3) is 0.400. The Labute approximate surface area is 86.7 Å². The second kappa shape index (κ2) is 3.75. The molecular weight excluding hydrogens is 205 g/mol. The third-order valence-electron chi connectivity index (χ3n) is 2.51. The highest BCUT2D eigenvalue weighted by Crippen LogP contribution is 2.33. The lowest BCUT2D eigenvalue weighted by atomic mass is 10.0. The summed E-state index contributed by atoms with van der Waals surface area (Å²) in [6.45, 7) is 0.911. The molecule has 1 atom stereocenters. The van der Waals surface area contributed by atoms with Gasteiger partial charge in [-0.1, -0.05) is 11.6 Å². The number of phenols is 1. The predicted molar refractivity (Wildman–Crippen MR) is 53.1 cm³/mol. The molecule has 1 aliphatic heterocycles. The summed E-state index contributed by atoms with van der Waals surface area (Å²) in [6.07, 6.45) is 1.98. The van der Waals surface area contributed by atoms with Crippen molar-refractivity contribution in [2.24, 2.45) is 0 Å². The molecule has 14 heavy (non-hydrogen) atoms. The first-order chi connectivity index (χ1) is 6.68. The molecule has 76 valence electrons. The van der Waals surface area contributed by atoms with Gasteiger partial charge in [-0.05, 0) is 25.5 Å². The Kier molecular flexibility index (Phi) is 2.61. The smallest absolute Gasteiger partial charge is 0.142 e. The Balaban J connectivity index is 2.37. The average Bonchev–Trinajstić information content (AvgIpc) is 2.64. The molecule has 1 fully saturated rings. The van der Waals surface area contributed by atoms with Gasteiger partial charge in [0.05, 0.1) is 5.02 Å². The molecule has 1 aromatic carbocycles. The van der Waals surface area contributed by atoms with Gasteiger partial charge in [-0.15, -0.1) is 0 Å². The third-order valence-corrected chi connectivity index (χ3v) is 2.79. The quantitative estimate of drug-likeness (QED) is 0.755. The van der Waals surface area contributed by atoms with Crippen LogP contribution in [0.2, 0.25) is 5.02 Å². The number of phenolic OH excluding ortho intramolecular Hbond substituents is 1. The van der Waals surface area contributed by atoms with Crippen molar-refractivity contribution in [2.45, 2.75) is 18.9 Å². The maximum atomic E-state index is 13.1. The summed E-state index contributed by atoms with van der Waals surface area (Å²) in [7, 11) is 0. The molecule has 2 rings (SSSR count). The van der Waals surface area contributed by atoms with Crippen molar-refractivity contribution >= 4 is 11.6 Å². The largest absolute Gasteiger partial charge is 0.508 e. The molecule has 1 aromatic rings. The van der Waals surface area contributed by atoms with Crippen LogP contribution in [0.15, 0.2) is 12.1 Å². The van der Waals surface area contributed by atoms with Crippen LogP contribution >= 0.6 is 11.6 Å². The summed E-state index contributed by atoms with van der Waals surface area (Å²) in [4.78, 5) is 0. The van der Waals surface area contributed by atoms with Gasteiger partial charge in [-0.3, -0.25) is 0 Å². The maximum Gasteiger partial charge on any atom is 0.142 e. The number of halogens is 2. The molecule has 0 aliphatic carbocycles. The lowest BCUT2D eigenvalue weighted by molar-refractivity contribution is 0.454. The van der Waals surface area contributed by atoms with Crippen LogP contribution in [-0.4, -0.2) is 11.7 Å². The molecule has 1 saturated heterocycles. The Morgan fingerprint density at radius 3 is 2.93 bits per heavy atom. The van der Waals surface area contributed by atoms with Gasteiger partial charge in [0, 0.05) is 17.7 Å². The van der Waals surface area contributed by atoms with Gasteiger partial charge in [0.15, 0.2) is 0 Å². The van der Waals surface area contributed by atoms with E-state index < -0.39 is 5.82 Å². The van der Waals surface area contributed by atoms with Crippen molar-refractivity contribution in [1.82, 2.24) is 5.32 Å². The number of benzene rings is 1. The zero-order valence-electron chi connectivity index (χ0n) is 7.56. The Morgan fingerprint density at radius 1 is 1.50 bits per heavy atom. The highest BCUT2D eigenvalue weighted by atomic mass is 35.5. The summed E-state index contributed by atoms with van der Waals surface area (Å²) in [5.74, 6) is -0.413. The van der Waals surface area contributed by atoms with Crippen LogP contribution in [0.5, 0.6) is 5.75 Å². The van der Waals surface area contributed by atoms with E-state index in [0.29, 0.717) is 5.56 Å². The summed E-state index contributed by atoms with van der Waals surface area (Å²) in [5.41, 5.74) is 0.601. The molecule has 2 N–H and O–H groups in total. The van der Waals surface area contributed by atoms with Crippen molar-refractivity contribution in [3.8, 4) is 5.75 Å². The van der Waals surface area contributed by atoms with Gasteiger partial charge in [-0.25, -0.2) is 4.39 Å². The van der Waals surface area contributed by atoms with Crippen LogP contribution in [0.4, 0.5) is 4.39 Å². The molecule has 0 radical (unpaired) electrons. The fourth-order valence-corrected chi connectivity index (χ4v) is 1.94. The van der Waals surface area contributed by atoms with Gasteiger partial charge in [0.2, 0.25) is 0 Å². The Hall–Kier alpha value is -0.800. The molecule has 0 amide bonds. The Morgan fingerprint density at radius 2 is 2.29 bits per heavy atom. The molecule has 1 aliphatic rings. The maximum absolute atomic E-state index is 13.1. The summed E-state index contributed by atoms with van der Waals surface area (Å²) in [6, 6.07) is 2.62. The number of aromatic hydroxyl groups is 1. The minimum atomic E-state index is -0.479. The van der Waals surface area contributed by atoms with Crippen LogP contribution in [0.3, 0.4) is 0 Å². The molecule has 0 bridgehead atoms. The van der Waals surface area contributed by atoms with E-state index in [9.17, 15) is 9.50 Å². The first kappa shape index (κ1) is 9.74. The van der Waals surface area contributed by atoms with Gasteiger partial charge in [-0.2, -0.15) is 0 Å². The second-order valence-electron chi connectivity index (χ2n) is 3.47. The second-order valence-corrected chi connectivity index (χ2v) is 3.88. The predicted octanol–water partition coefficient (Wildman–Crippen LogP) is 2.61. The highest BCUT2D eigenvalue weighted by Gasteiger charge is 2.20. The molecule has 0 spiro atoms. The van der Waals surface area contributed by atoms with Crippen LogP contribution in [0.1, 0.15) is 24.4 Å². The molecule has 1 heterocycles. The van der Waals surface area contributed by atoms with E-state index in [2.05, 4.69) is 5.32 Å². The number of rotatable bonds is 1. The lowest BCUT2D eigenvalue weighted by Gasteiger charge is -2.12. The zero-order valence-corrected chi connectivity index (χ0v) is 8.31. The fourth-order valence-electron chi connectivity index (χ4n) is 1.78. The number of hydrogen-bond donors (Lipinski definition) is 2. The van der Waals surface area contributed by atoms with Crippen molar-refractivity contribution < 1.29 is 9.50 Å². The Bertz CT molecular complexity index is 350. The average molecular weight is 216 g/mol. The van der Waals surface area contributed by atoms with Crippen molar-refractivity contribution in [2.75, 3.05) is 6.54 Å². The van der Waals surface area contributed by atoms with E-state index in [-0.39, 0.29) is 16.8 Å². The topological polar surface area (TPSA) is 32.3 Å². The standard InChI is InChI=1S/C10H11ClFNO/c11-7-5-10(14)6(4-8(7)12)9-2-1-3-13-9/h4-5,9,13-14H,1-3H2/t9-/m1/s1. The molecule has 4 heteroatoms. The van der Waals surface area contributed by atoms with Crippen molar-refractivity contribution in [3.63, 3.8) is 0 Å². The number of hydrogen-bond acceptors (Lipinski definition) is 2. The molecule has 0 aromatic heterocycles. The van der Waals surface area contributed by atoms with E-state index in [1.54, 1.807) is 0 Å². The monoisotopic (exact) mass is 215 g/mol. The molecule has 2 nitrogen and oxygen atoms in total. The van der Waals surface area contributed by atoms with E-state index in [1.807, 2.05) is 0 Å². The van der Waals surface area contributed by atoms with Gasteiger partial charge < -0.3 is 10.4 Å².